The summed E-state index contributed by atoms with van der Waals surface area (Å²) >= 11 is 0. The fourth-order valence-corrected chi connectivity index (χ4v) is 3.46. The third-order valence-electron chi connectivity index (χ3n) is 5.12. The molecule has 2 aromatic carbocycles. The number of anilines is 2. The van der Waals surface area contributed by atoms with E-state index in [2.05, 4.69) is 5.32 Å². The van der Waals surface area contributed by atoms with Crippen molar-refractivity contribution in [3.63, 3.8) is 0 Å². The van der Waals surface area contributed by atoms with E-state index in [1.54, 1.807) is 0 Å². The lowest BCUT2D eigenvalue weighted by Gasteiger charge is -2.14. The van der Waals surface area contributed by atoms with E-state index in [1.165, 1.54) is 49.5 Å². The zero-order chi connectivity index (χ0) is 23.0. The number of hydrogen-bond donors (Lipinski definition) is 1. The van der Waals surface area contributed by atoms with Gasteiger partial charge in [-0.15, -0.1) is 0 Å². The molecule has 0 atom stereocenters. The van der Waals surface area contributed by atoms with Crippen LogP contribution in [0.3, 0.4) is 0 Å². The van der Waals surface area contributed by atoms with Gasteiger partial charge in [-0.3, -0.25) is 33.8 Å². The Balaban J connectivity index is 1.34. The minimum Gasteiger partial charge on any atom is -0.452 e. The van der Waals surface area contributed by atoms with E-state index in [0.29, 0.717) is 5.69 Å². The molecular weight excluding hydrogens is 418 g/mol. The van der Waals surface area contributed by atoms with E-state index in [0.717, 1.165) is 9.80 Å². The Hall–Kier alpha value is -4.34. The summed E-state index contributed by atoms with van der Waals surface area (Å²) in [6.45, 7) is -0.576. The Labute approximate surface area is 181 Å². The standard InChI is InChI=1S/C22H17N3O7/c1-24-20(29)15-7-4-13(10-16(15)21(24)30)23-17(26)11-32-22(31)12-2-5-14(6-3-12)25-18(27)8-9-19(25)28/h2-7,10H,8-9,11H2,1H3,(H,23,26). The van der Waals surface area contributed by atoms with Gasteiger partial charge in [-0.1, -0.05) is 0 Å². The highest BCUT2D eigenvalue weighted by Gasteiger charge is 2.33. The number of hydrogen-bond acceptors (Lipinski definition) is 7. The van der Waals surface area contributed by atoms with Crippen LogP contribution in [0, 0.1) is 0 Å². The van der Waals surface area contributed by atoms with E-state index in [1.807, 2.05) is 0 Å². The van der Waals surface area contributed by atoms with Gasteiger partial charge < -0.3 is 10.1 Å². The Kier molecular flexibility index (Phi) is 5.27. The average molecular weight is 435 g/mol. The van der Waals surface area contributed by atoms with Crippen molar-refractivity contribution in [3.8, 4) is 0 Å². The summed E-state index contributed by atoms with van der Waals surface area (Å²) in [6, 6.07) is 10.0. The Bertz CT molecular complexity index is 1170. The van der Waals surface area contributed by atoms with Gasteiger partial charge in [-0.25, -0.2) is 4.79 Å². The van der Waals surface area contributed by atoms with Crippen molar-refractivity contribution in [1.82, 2.24) is 4.90 Å². The summed E-state index contributed by atoms with van der Waals surface area (Å²) < 4.78 is 4.99. The normalized spacial score (nSPS) is 15.3. The van der Waals surface area contributed by atoms with Gasteiger partial charge in [0.15, 0.2) is 6.61 Å². The lowest BCUT2D eigenvalue weighted by Crippen LogP contribution is -2.28. The molecule has 1 N–H and O–H groups in total. The van der Waals surface area contributed by atoms with Crippen LogP contribution in [0.2, 0.25) is 0 Å². The zero-order valence-electron chi connectivity index (χ0n) is 16.9. The molecule has 32 heavy (non-hydrogen) atoms. The van der Waals surface area contributed by atoms with Crippen LogP contribution in [0.5, 0.6) is 0 Å². The summed E-state index contributed by atoms with van der Waals surface area (Å²) in [4.78, 5) is 73.9. The van der Waals surface area contributed by atoms with Crippen LogP contribution in [0.15, 0.2) is 42.5 Å². The van der Waals surface area contributed by atoms with E-state index in [4.69, 9.17) is 4.74 Å². The molecule has 162 valence electrons. The van der Waals surface area contributed by atoms with Crippen molar-refractivity contribution in [2.75, 3.05) is 23.9 Å². The average Bonchev–Trinajstić information content (AvgIpc) is 3.23. The number of carbonyl (C=O) groups is 6. The highest BCUT2D eigenvalue weighted by Crippen LogP contribution is 2.25. The van der Waals surface area contributed by atoms with E-state index < -0.39 is 30.3 Å². The highest BCUT2D eigenvalue weighted by molar-refractivity contribution is 6.22. The van der Waals surface area contributed by atoms with Crippen molar-refractivity contribution in [2.24, 2.45) is 0 Å². The van der Waals surface area contributed by atoms with Gasteiger partial charge in [0, 0.05) is 25.6 Å². The smallest absolute Gasteiger partial charge is 0.338 e. The third kappa shape index (κ3) is 3.73. The molecule has 0 unspecified atom stereocenters. The molecule has 0 bridgehead atoms. The number of ether oxygens (including phenoxy) is 1. The Morgan fingerprint density at radius 2 is 1.53 bits per heavy atom. The second-order valence-corrected chi connectivity index (χ2v) is 7.22. The van der Waals surface area contributed by atoms with Crippen LogP contribution < -0.4 is 10.2 Å². The van der Waals surface area contributed by atoms with Crippen molar-refractivity contribution in [1.29, 1.82) is 0 Å². The number of nitrogens with zero attached hydrogens (tertiary/aromatic N) is 2. The molecule has 0 saturated carbocycles. The molecule has 5 amide bonds. The summed E-state index contributed by atoms with van der Waals surface area (Å²) in [6.07, 6.45) is 0.312. The highest BCUT2D eigenvalue weighted by atomic mass is 16.5. The first-order valence-corrected chi connectivity index (χ1v) is 9.65. The fraction of sp³-hybridized carbons (Fsp3) is 0.182. The maximum Gasteiger partial charge on any atom is 0.338 e. The Morgan fingerprint density at radius 3 is 2.19 bits per heavy atom. The Morgan fingerprint density at radius 1 is 0.906 bits per heavy atom. The topological polar surface area (TPSA) is 130 Å². The zero-order valence-corrected chi connectivity index (χ0v) is 16.9. The van der Waals surface area contributed by atoms with Crippen LogP contribution in [0.1, 0.15) is 43.9 Å². The molecular formula is C22H17N3O7. The molecule has 1 fully saturated rings. The number of esters is 1. The SMILES string of the molecule is CN1C(=O)c2ccc(NC(=O)COC(=O)c3ccc(N4C(=O)CCC4=O)cc3)cc2C1=O. The fourth-order valence-electron chi connectivity index (χ4n) is 3.46. The first-order chi connectivity index (χ1) is 15.3. The molecule has 1 saturated heterocycles. The van der Waals surface area contributed by atoms with E-state index in [9.17, 15) is 28.8 Å². The maximum atomic E-state index is 12.2. The first kappa shape index (κ1) is 20.9. The monoisotopic (exact) mass is 435 g/mol. The third-order valence-corrected chi connectivity index (χ3v) is 5.12. The maximum absolute atomic E-state index is 12.2. The van der Waals surface area contributed by atoms with Crippen molar-refractivity contribution in [3.05, 3.63) is 59.2 Å². The van der Waals surface area contributed by atoms with Gasteiger partial charge in [-0.05, 0) is 42.5 Å². The number of nitrogens with one attached hydrogen (secondary N) is 1. The minimum atomic E-state index is -0.762. The molecule has 0 aliphatic carbocycles. The lowest BCUT2D eigenvalue weighted by molar-refractivity contribution is -0.121. The molecule has 2 aromatic rings. The van der Waals surface area contributed by atoms with Crippen LogP contribution in [0.4, 0.5) is 11.4 Å². The molecule has 0 spiro atoms. The van der Waals surface area contributed by atoms with Crippen LogP contribution in [-0.4, -0.2) is 54.1 Å². The van der Waals surface area contributed by atoms with E-state index in [-0.39, 0.29) is 47.0 Å². The molecule has 10 heteroatoms. The summed E-state index contributed by atoms with van der Waals surface area (Å²) in [5.74, 6) is -2.87. The van der Waals surface area contributed by atoms with Gasteiger partial charge in [0.25, 0.3) is 17.7 Å². The molecule has 4 rings (SSSR count). The number of imide groups is 2. The van der Waals surface area contributed by atoms with E-state index >= 15 is 0 Å². The van der Waals surface area contributed by atoms with Gasteiger partial charge in [0.2, 0.25) is 11.8 Å². The lowest BCUT2D eigenvalue weighted by atomic mass is 10.1. The second kappa shape index (κ2) is 8.06. The molecule has 2 aliphatic rings. The van der Waals surface area contributed by atoms with Gasteiger partial charge in [0.1, 0.15) is 0 Å². The van der Waals surface area contributed by atoms with Crippen LogP contribution in [0.25, 0.3) is 0 Å². The molecule has 10 nitrogen and oxygen atoms in total. The summed E-state index contributed by atoms with van der Waals surface area (Å²) in [7, 11) is 1.37. The minimum absolute atomic E-state index is 0.144. The van der Waals surface area contributed by atoms with Gasteiger partial charge in [-0.2, -0.15) is 0 Å². The second-order valence-electron chi connectivity index (χ2n) is 7.22. The molecule has 2 aliphatic heterocycles. The van der Waals surface area contributed by atoms with Crippen LogP contribution in [-0.2, 0) is 19.1 Å². The van der Waals surface area contributed by atoms with Crippen molar-refractivity contribution < 1.29 is 33.5 Å². The van der Waals surface area contributed by atoms with Crippen molar-refractivity contribution >= 4 is 46.9 Å². The molecule has 0 aromatic heterocycles. The van der Waals surface area contributed by atoms with Gasteiger partial charge in [0.05, 0.1) is 22.4 Å². The number of benzene rings is 2. The molecule has 2 heterocycles. The van der Waals surface area contributed by atoms with Gasteiger partial charge >= 0.3 is 5.97 Å². The largest absolute Gasteiger partial charge is 0.452 e. The summed E-state index contributed by atoms with van der Waals surface area (Å²) in [5.41, 5.74) is 1.23. The van der Waals surface area contributed by atoms with Crippen molar-refractivity contribution in [2.45, 2.75) is 12.8 Å². The predicted octanol–water partition coefficient (Wildman–Crippen LogP) is 1.36. The summed E-state index contributed by atoms with van der Waals surface area (Å²) in [5, 5.41) is 2.50. The quantitative estimate of drug-likeness (QED) is 0.554. The number of rotatable bonds is 5. The number of carbonyl (C=O) groups excluding carboxylic acids is 6. The van der Waals surface area contributed by atoms with Crippen LogP contribution >= 0.6 is 0 Å². The first-order valence-electron chi connectivity index (χ1n) is 9.65. The predicted molar refractivity (Wildman–Crippen MR) is 110 cm³/mol. The molecule has 0 radical (unpaired) electrons. The number of amides is 5. The number of fused-ring (bicyclic) bond motifs is 1.